The largest absolute Gasteiger partial charge is 0.444 e. The maximum Gasteiger partial charge on any atom is 0.410 e. The summed E-state index contributed by atoms with van der Waals surface area (Å²) in [6, 6.07) is 16.0. The van der Waals surface area contributed by atoms with Crippen molar-refractivity contribution in [3.8, 4) is 11.3 Å². The molecule has 0 aliphatic carbocycles. The van der Waals surface area contributed by atoms with Gasteiger partial charge in [0.25, 0.3) is 10.0 Å². The lowest BCUT2D eigenvalue weighted by atomic mass is 10.1. The van der Waals surface area contributed by atoms with Crippen molar-refractivity contribution in [3.05, 3.63) is 78.2 Å². The van der Waals surface area contributed by atoms with Crippen molar-refractivity contribution in [1.82, 2.24) is 18.8 Å². The number of aromatic nitrogens is 3. The number of benzene rings is 2. The molecule has 2 heterocycles. The Morgan fingerprint density at radius 2 is 1.66 bits per heavy atom. The zero-order valence-electron chi connectivity index (χ0n) is 20.4. The molecular formula is C26H28N4O4S. The number of hydrogen-bond donors (Lipinski definition) is 0. The van der Waals surface area contributed by atoms with Crippen LogP contribution in [0.2, 0.25) is 0 Å². The molecular weight excluding hydrogens is 464 g/mol. The highest BCUT2D eigenvalue weighted by Crippen LogP contribution is 2.29. The zero-order valence-corrected chi connectivity index (χ0v) is 21.2. The molecule has 0 unspecified atom stereocenters. The summed E-state index contributed by atoms with van der Waals surface area (Å²) in [5.41, 5.74) is 3.09. The van der Waals surface area contributed by atoms with Gasteiger partial charge in [-0.3, -0.25) is 0 Å². The maximum absolute atomic E-state index is 13.2. The Morgan fingerprint density at radius 3 is 2.29 bits per heavy atom. The van der Waals surface area contributed by atoms with Crippen LogP contribution >= 0.6 is 0 Å². The van der Waals surface area contributed by atoms with Crippen LogP contribution < -0.4 is 0 Å². The van der Waals surface area contributed by atoms with Gasteiger partial charge in [0.1, 0.15) is 11.9 Å². The highest BCUT2D eigenvalue weighted by Gasteiger charge is 2.22. The van der Waals surface area contributed by atoms with Gasteiger partial charge < -0.3 is 9.64 Å². The normalized spacial score (nSPS) is 12.0. The summed E-state index contributed by atoms with van der Waals surface area (Å²) in [4.78, 5) is 22.6. The van der Waals surface area contributed by atoms with E-state index in [0.717, 1.165) is 16.7 Å². The molecule has 0 saturated carbocycles. The fourth-order valence-electron chi connectivity index (χ4n) is 3.62. The van der Waals surface area contributed by atoms with Gasteiger partial charge in [-0.15, -0.1) is 0 Å². The zero-order chi connectivity index (χ0) is 25.4. The number of amides is 1. The van der Waals surface area contributed by atoms with E-state index in [0.29, 0.717) is 23.3 Å². The second kappa shape index (κ2) is 9.14. The van der Waals surface area contributed by atoms with Gasteiger partial charge in [-0.1, -0.05) is 42.0 Å². The monoisotopic (exact) mass is 492 g/mol. The molecule has 0 atom stereocenters. The van der Waals surface area contributed by atoms with E-state index in [9.17, 15) is 13.2 Å². The quantitative estimate of drug-likeness (QED) is 0.389. The SMILES string of the molecule is Cc1ccc(S(=O)(=O)n2ccc3c(-c4ccc(CN(C)C(=O)OC(C)(C)C)cc4)ncnc32)cc1. The van der Waals surface area contributed by atoms with E-state index >= 15 is 0 Å². The third-order valence-corrected chi connectivity index (χ3v) is 7.06. The number of ether oxygens (including phenoxy) is 1. The van der Waals surface area contributed by atoms with Crippen molar-refractivity contribution in [1.29, 1.82) is 0 Å². The second-order valence-electron chi connectivity index (χ2n) is 9.42. The van der Waals surface area contributed by atoms with Gasteiger partial charge in [-0.25, -0.2) is 27.2 Å². The predicted octanol–water partition coefficient (Wildman–Crippen LogP) is 5.01. The van der Waals surface area contributed by atoms with E-state index in [2.05, 4.69) is 9.97 Å². The predicted molar refractivity (Wildman–Crippen MR) is 134 cm³/mol. The first kappa shape index (κ1) is 24.4. The van der Waals surface area contributed by atoms with Crippen molar-refractivity contribution in [2.24, 2.45) is 0 Å². The van der Waals surface area contributed by atoms with Crippen molar-refractivity contribution in [3.63, 3.8) is 0 Å². The van der Waals surface area contributed by atoms with Gasteiger partial charge in [0.2, 0.25) is 0 Å². The molecule has 0 saturated heterocycles. The fourth-order valence-corrected chi connectivity index (χ4v) is 4.92. The van der Waals surface area contributed by atoms with Gasteiger partial charge in [-0.05, 0) is 51.5 Å². The molecule has 9 heteroatoms. The summed E-state index contributed by atoms with van der Waals surface area (Å²) in [5.74, 6) is 0. The van der Waals surface area contributed by atoms with E-state index in [1.165, 1.54) is 21.4 Å². The first-order chi connectivity index (χ1) is 16.5. The molecule has 0 aliphatic rings. The molecule has 0 N–H and O–H groups in total. The van der Waals surface area contributed by atoms with Crippen LogP contribution in [0.15, 0.2) is 72.0 Å². The first-order valence-corrected chi connectivity index (χ1v) is 12.6. The van der Waals surface area contributed by atoms with E-state index in [-0.39, 0.29) is 4.90 Å². The number of carbonyl (C=O) groups excluding carboxylic acids is 1. The molecule has 1 amide bonds. The topological polar surface area (TPSA) is 94.4 Å². The molecule has 0 fully saturated rings. The lowest BCUT2D eigenvalue weighted by molar-refractivity contribution is 0.0285. The Morgan fingerprint density at radius 1 is 1.00 bits per heavy atom. The third-order valence-electron chi connectivity index (χ3n) is 5.38. The van der Waals surface area contributed by atoms with Crippen LogP contribution in [-0.2, 0) is 21.3 Å². The Balaban J connectivity index is 1.61. The van der Waals surface area contributed by atoms with Crippen LogP contribution in [-0.4, -0.2) is 46.0 Å². The smallest absolute Gasteiger partial charge is 0.410 e. The molecule has 182 valence electrons. The molecule has 0 radical (unpaired) electrons. The molecule has 0 aliphatic heterocycles. The number of fused-ring (bicyclic) bond motifs is 1. The molecule has 0 spiro atoms. The summed E-state index contributed by atoms with van der Waals surface area (Å²) in [6.45, 7) is 7.78. The van der Waals surface area contributed by atoms with Gasteiger partial charge in [0, 0.05) is 30.7 Å². The van der Waals surface area contributed by atoms with Crippen LogP contribution in [0.25, 0.3) is 22.3 Å². The van der Waals surface area contributed by atoms with E-state index in [4.69, 9.17) is 4.74 Å². The summed E-state index contributed by atoms with van der Waals surface area (Å²) in [5, 5.41) is 0.627. The van der Waals surface area contributed by atoms with Crippen LogP contribution in [0.5, 0.6) is 0 Å². The standard InChI is InChI=1S/C26H28N4O4S/c1-18-6-12-21(13-7-18)35(32,33)30-15-14-22-23(27-17-28-24(22)30)20-10-8-19(9-11-20)16-29(5)25(31)34-26(2,3)4/h6-15,17H,16H2,1-5H3. The van der Waals surface area contributed by atoms with Gasteiger partial charge in [0.05, 0.1) is 10.6 Å². The number of carbonyl (C=O) groups is 1. The van der Waals surface area contributed by atoms with E-state index < -0.39 is 21.7 Å². The van der Waals surface area contributed by atoms with Crippen molar-refractivity contribution < 1.29 is 17.9 Å². The minimum Gasteiger partial charge on any atom is -0.444 e. The van der Waals surface area contributed by atoms with Crippen molar-refractivity contribution in [2.45, 2.75) is 44.7 Å². The Labute approximate surface area is 205 Å². The average molecular weight is 493 g/mol. The third kappa shape index (κ3) is 5.19. The highest BCUT2D eigenvalue weighted by molar-refractivity contribution is 7.90. The summed E-state index contributed by atoms with van der Waals surface area (Å²) >= 11 is 0. The van der Waals surface area contributed by atoms with Crippen LogP contribution in [0.1, 0.15) is 31.9 Å². The van der Waals surface area contributed by atoms with Gasteiger partial charge >= 0.3 is 6.09 Å². The Kier molecular flexibility index (Phi) is 6.38. The summed E-state index contributed by atoms with van der Waals surface area (Å²) < 4.78 is 33.0. The number of aryl methyl sites for hydroxylation is 1. The van der Waals surface area contributed by atoms with Gasteiger partial charge in [-0.2, -0.15) is 0 Å². The molecule has 8 nitrogen and oxygen atoms in total. The van der Waals surface area contributed by atoms with Crippen molar-refractivity contribution in [2.75, 3.05) is 7.05 Å². The maximum atomic E-state index is 13.2. The van der Waals surface area contributed by atoms with E-state index in [1.54, 1.807) is 37.4 Å². The number of rotatable bonds is 5. The summed E-state index contributed by atoms with van der Waals surface area (Å²) in [6.07, 6.45) is 2.47. The summed E-state index contributed by atoms with van der Waals surface area (Å²) in [7, 11) is -2.11. The molecule has 4 rings (SSSR count). The van der Waals surface area contributed by atoms with Crippen LogP contribution in [0.4, 0.5) is 4.79 Å². The van der Waals surface area contributed by atoms with Crippen molar-refractivity contribution >= 4 is 27.1 Å². The number of nitrogens with zero attached hydrogens (tertiary/aromatic N) is 4. The van der Waals surface area contributed by atoms with E-state index in [1.807, 2.05) is 52.0 Å². The minimum atomic E-state index is -3.80. The fraction of sp³-hybridized carbons (Fsp3) is 0.269. The average Bonchev–Trinajstić information content (AvgIpc) is 3.24. The molecule has 4 aromatic rings. The van der Waals surface area contributed by atoms with Crippen LogP contribution in [0.3, 0.4) is 0 Å². The van der Waals surface area contributed by atoms with Crippen LogP contribution in [0, 0.1) is 6.92 Å². The first-order valence-electron chi connectivity index (χ1n) is 11.1. The molecule has 0 bridgehead atoms. The lowest BCUT2D eigenvalue weighted by Gasteiger charge is -2.24. The molecule has 2 aromatic carbocycles. The number of hydrogen-bond acceptors (Lipinski definition) is 6. The molecule has 2 aromatic heterocycles. The Bertz CT molecular complexity index is 1470. The second-order valence-corrected chi connectivity index (χ2v) is 11.2. The minimum absolute atomic E-state index is 0.194. The van der Waals surface area contributed by atoms with Gasteiger partial charge in [0.15, 0.2) is 5.65 Å². The highest BCUT2D eigenvalue weighted by atomic mass is 32.2. The Hall–Kier alpha value is -3.72. The molecule has 35 heavy (non-hydrogen) atoms. The lowest BCUT2D eigenvalue weighted by Crippen LogP contribution is -2.33.